The molecular weight excluding hydrogens is 304 g/mol. The molecule has 1 atom stereocenters. The number of carboxylic acids is 1. The molecule has 0 aliphatic rings. The normalized spacial score (nSPS) is 13.2. The van der Waals surface area contributed by atoms with Crippen LogP contribution in [0, 0.1) is 0 Å². The molecule has 2 aromatic carbocycles. The third kappa shape index (κ3) is 3.28. The standard InChI is InChI=1S/C17H15ClO4/c1-11(19)22-15-10-13(12-6-4-3-5-7-12)8-9-14(15)17(2,18)16(20)21/h3-10H,1-2H3,(H,20,21). The van der Waals surface area contributed by atoms with E-state index in [1.54, 1.807) is 18.2 Å². The van der Waals surface area contributed by atoms with Crippen LogP contribution in [0.4, 0.5) is 0 Å². The Labute approximate surface area is 133 Å². The lowest BCUT2D eigenvalue weighted by atomic mass is 9.95. The molecule has 0 heterocycles. The molecule has 0 saturated heterocycles. The van der Waals surface area contributed by atoms with Crippen LogP contribution in [0.15, 0.2) is 48.5 Å². The first-order valence-electron chi connectivity index (χ1n) is 6.63. The van der Waals surface area contributed by atoms with Crippen LogP contribution in [-0.4, -0.2) is 17.0 Å². The Morgan fingerprint density at radius 3 is 2.27 bits per heavy atom. The van der Waals surface area contributed by atoms with Crippen LogP contribution >= 0.6 is 11.6 Å². The molecule has 114 valence electrons. The molecule has 22 heavy (non-hydrogen) atoms. The molecule has 0 aliphatic heterocycles. The van der Waals surface area contributed by atoms with Crippen molar-refractivity contribution in [2.75, 3.05) is 0 Å². The number of rotatable bonds is 4. The number of benzene rings is 2. The van der Waals surface area contributed by atoms with E-state index in [9.17, 15) is 14.7 Å². The lowest BCUT2D eigenvalue weighted by Gasteiger charge is -2.21. The Bertz CT molecular complexity index is 708. The monoisotopic (exact) mass is 318 g/mol. The fourth-order valence-corrected chi connectivity index (χ4v) is 2.23. The van der Waals surface area contributed by atoms with E-state index in [0.29, 0.717) is 0 Å². The second-order valence-electron chi connectivity index (χ2n) is 4.98. The van der Waals surface area contributed by atoms with Gasteiger partial charge < -0.3 is 9.84 Å². The van der Waals surface area contributed by atoms with Crippen molar-refractivity contribution in [2.24, 2.45) is 0 Å². The van der Waals surface area contributed by atoms with Gasteiger partial charge in [0.1, 0.15) is 5.75 Å². The van der Waals surface area contributed by atoms with E-state index in [1.807, 2.05) is 30.3 Å². The van der Waals surface area contributed by atoms with E-state index in [-0.39, 0.29) is 11.3 Å². The molecule has 5 heteroatoms. The van der Waals surface area contributed by atoms with E-state index in [4.69, 9.17) is 16.3 Å². The van der Waals surface area contributed by atoms with Gasteiger partial charge in [0.15, 0.2) is 4.87 Å². The van der Waals surface area contributed by atoms with E-state index in [0.717, 1.165) is 11.1 Å². The Balaban J connectivity index is 2.57. The molecule has 0 amide bonds. The van der Waals surface area contributed by atoms with Crippen molar-refractivity contribution in [3.05, 3.63) is 54.1 Å². The van der Waals surface area contributed by atoms with Crippen LogP contribution in [0.5, 0.6) is 5.75 Å². The Morgan fingerprint density at radius 1 is 1.09 bits per heavy atom. The summed E-state index contributed by atoms with van der Waals surface area (Å²) >= 11 is 6.09. The van der Waals surface area contributed by atoms with Crippen LogP contribution in [-0.2, 0) is 14.5 Å². The zero-order valence-electron chi connectivity index (χ0n) is 12.2. The van der Waals surface area contributed by atoms with Gasteiger partial charge in [0, 0.05) is 12.5 Å². The summed E-state index contributed by atoms with van der Waals surface area (Å²) in [6.45, 7) is 2.60. The molecule has 4 nitrogen and oxygen atoms in total. The minimum Gasteiger partial charge on any atom is -0.480 e. The van der Waals surface area contributed by atoms with Crippen molar-refractivity contribution in [3.8, 4) is 16.9 Å². The van der Waals surface area contributed by atoms with Gasteiger partial charge in [0.2, 0.25) is 0 Å². The van der Waals surface area contributed by atoms with Gasteiger partial charge >= 0.3 is 11.9 Å². The largest absolute Gasteiger partial charge is 0.480 e. The lowest BCUT2D eigenvalue weighted by molar-refractivity contribution is -0.140. The van der Waals surface area contributed by atoms with Gasteiger partial charge in [-0.2, -0.15) is 0 Å². The van der Waals surface area contributed by atoms with Gasteiger partial charge in [0.05, 0.1) is 0 Å². The molecule has 0 saturated carbocycles. The second kappa shape index (κ2) is 6.20. The molecule has 0 bridgehead atoms. The van der Waals surface area contributed by atoms with Gasteiger partial charge in [-0.1, -0.05) is 42.5 Å². The van der Waals surface area contributed by atoms with E-state index in [2.05, 4.69) is 0 Å². The highest BCUT2D eigenvalue weighted by Crippen LogP contribution is 2.38. The van der Waals surface area contributed by atoms with Gasteiger partial charge in [-0.15, -0.1) is 11.6 Å². The van der Waals surface area contributed by atoms with Crippen molar-refractivity contribution >= 4 is 23.5 Å². The number of carbonyl (C=O) groups excluding carboxylic acids is 1. The second-order valence-corrected chi connectivity index (χ2v) is 5.73. The summed E-state index contributed by atoms with van der Waals surface area (Å²) in [7, 11) is 0. The van der Waals surface area contributed by atoms with Gasteiger partial charge in [-0.05, 0) is 24.1 Å². The Hall–Kier alpha value is -2.33. The molecule has 2 aromatic rings. The van der Waals surface area contributed by atoms with Crippen molar-refractivity contribution in [1.82, 2.24) is 0 Å². The van der Waals surface area contributed by atoms with E-state index < -0.39 is 16.8 Å². The summed E-state index contributed by atoms with van der Waals surface area (Å²) in [6.07, 6.45) is 0. The van der Waals surface area contributed by atoms with Crippen LogP contribution in [0.3, 0.4) is 0 Å². The summed E-state index contributed by atoms with van der Waals surface area (Å²) in [5.41, 5.74) is 1.96. The lowest BCUT2D eigenvalue weighted by Crippen LogP contribution is -2.26. The van der Waals surface area contributed by atoms with E-state index >= 15 is 0 Å². The summed E-state index contributed by atoms with van der Waals surface area (Å²) in [5, 5.41) is 9.27. The number of hydrogen-bond acceptors (Lipinski definition) is 3. The quantitative estimate of drug-likeness (QED) is 0.529. The summed E-state index contributed by atoms with van der Waals surface area (Å²) in [6, 6.07) is 14.4. The molecule has 0 aromatic heterocycles. The third-order valence-electron chi connectivity index (χ3n) is 3.25. The molecular formula is C17H15ClO4. The SMILES string of the molecule is CC(=O)Oc1cc(-c2ccccc2)ccc1C(C)(Cl)C(=O)O. The predicted octanol–water partition coefficient (Wildman–Crippen LogP) is 3.82. The average Bonchev–Trinajstić information content (AvgIpc) is 2.47. The maximum atomic E-state index is 11.3. The van der Waals surface area contributed by atoms with Crippen molar-refractivity contribution < 1.29 is 19.4 Å². The number of hydrogen-bond donors (Lipinski definition) is 1. The zero-order chi connectivity index (χ0) is 16.3. The minimum atomic E-state index is -1.68. The molecule has 1 unspecified atom stereocenters. The fourth-order valence-electron chi connectivity index (χ4n) is 2.07. The number of halogens is 1. The van der Waals surface area contributed by atoms with Gasteiger partial charge in [-0.3, -0.25) is 4.79 Å². The number of esters is 1. The first kappa shape index (κ1) is 16.0. The van der Waals surface area contributed by atoms with Crippen LogP contribution < -0.4 is 4.74 Å². The maximum absolute atomic E-state index is 11.3. The summed E-state index contributed by atoms with van der Waals surface area (Å²) in [5.74, 6) is -1.60. The number of carboxylic acid groups (broad SMARTS) is 1. The molecule has 0 spiro atoms. The summed E-state index contributed by atoms with van der Waals surface area (Å²) in [4.78, 5) is 21.0. The molecule has 1 N–H and O–H groups in total. The fraction of sp³-hybridized carbons (Fsp3) is 0.176. The summed E-state index contributed by atoms with van der Waals surface area (Å²) < 4.78 is 5.16. The maximum Gasteiger partial charge on any atom is 0.329 e. The van der Waals surface area contributed by atoms with Crippen LogP contribution in [0.2, 0.25) is 0 Å². The average molecular weight is 319 g/mol. The molecule has 0 radical (unpaired) electrons. The first-order valence-corrected chi connectivity index (χ1v) is 7.01. The highest BCUT2D eigenvalue weighted by atomic mass is 35.5. The number of alkyl halides is 1. The third-order valence-corrected chi connectivity index (χ3v) is 3.62. The highest BCUT2D eigenvalue weighted by Gasteiger charge is 2.36. The van der Waals surface area contributed by atoms with Crippen molar-refractivity contribution in [2.45, 2.75) is 18.7 Å². The smallest absolute Gasteiger partial charge is 0.329 e. The van der Waals surface area contributed by atoms with E-state index in [1.165, 1.54) is 13.8 Å². The van der Waals surface area contributed by atoms with Crippen LogP contribution in [0.25, 0.3) is 11.1 Å². The number of aliphatic carboxylic acids is 1. The van der Waals surface area contributed by atoms with Crippen molar-refractivity contribution in [3.63, 3.8) is 0 Å². The Kier molecular flexibility index (Phi) is 4.52. The van der Waals surface area contributed by atoms with Gasteiger partial charge in [0.25, 0.3) is 0 Å². The topological polar surface area (TPSA) is 63.6 Å². The molecule has 0 aliphatic carbocycles. The predicted molar refractivity (Wildman–Crippen MR) is 84.0 cm³/mol. The molecule has 2 rings (SSSR count). The van der Waals surface area contributed by atoms with Crippen molar-refractivity contribution in [1.29, 1.82) is 0 Å². The van der Waals surface area contributed by atoms with Gasteiger partial charge in [-0.25, -0.2) is 4.79 Å². The highest BCUT2D eigenvalue weighted by molar-refractivity contribution is 6.33. The van der Waals surface area contributed by atoms with Crippen LogP contribution in [0.1, 0.15) is 19.4 Å². The molecule has 0 fully saturated rings. The first-order chi connectivity index (χ1) is 10.3. The zero-order valence-corrected chi connectivity index (χ0v) is 12.9. The number of carbonyl (C=O) groups is 2. The number of ether oxygens (including phenoxy) is 1. The Morgan fingerprint density at radius 2 is 1.73 bits per heavy atom. The minimum absolute atomic E-state index is 0.147.